The quantitative estimate of drug-likeness (QED) is 0.544. The average Bonchev–Trinajstić information content (AvgIpc) is 3.11. The van der Waals surface area contributed by atoms with Crippen LogP contribution < -0.4 is 9.62 Å². The van der Waals surface area contributed by atoms with E-state index in [9.17, 15) is 18.0 Å². The third kappa shape index (κ3) is 5.41. The molecule has 0 bridgehead atoms. The Hall–Kier alpha value is -2.39. The number of aryl methyl sites for hydroxylation is 3. The molecule has 0 radical (unpaired) electrons. The summed E-state index contributed by atoms with van der Waals surface area (Å²) in [6.07, 6.45) is 5.02. The monoisotopic (exact) mass is 492 g/mol. The zero-order valence-electron chi connectivity index (χ0n) is 19.9. The van der Waals surface area contributed by atoms with Crippen molar-refractivity contribution in [2.45, 2.75) is 65.8 Å². The van der Waals surface area contributed by atoms with Gasteiger partial charge in [0.1, 0.15) is 11.0 Å². The molecule has 1 atom stereocenters. The van der Waals surface area contributed by atoms with Gasteiger partial charge in [-0.25, -0.2) is 13.2 Å². The fourth-order valence-corrected chi connectivity index (χ4v) is 6.68. The number of benzene rings is 1. The summed E-state index contributed by atoms with van der Waals surface area (Å²) in [4.78, 5) is 27.3. The van der Waals surface area contributed by atoms with Crippen molar-refractivity contribution in [1.29, 1.82) is 0 Å². The molecule has 3 rings (SSSR count). The van der Waals surface area contributed by atoms with Crippen LogP contribution in [0.25, 0.3) is 0 Å². The van der Waals surface area contributed by atoms with Crippen molar-refractivity contribution in [2.24, 2.45) is 0 Å². The van der Waals surface area contributed by atoms with Gasteiger partial charge in [0.2, 0.25) is 15.9 Å². The third-order valence-corrected chi connectivity index (χ3v) is 8.35. The Morgan fingerprint density at radius 3 is 2.45 bits per heavy atom. The molecule has 1 amide bonds. The van der Waals surface area contributed by atoms with E-state index in [1.807, 2.05) is 19.9 Å². The third-order valence-electron chi connectivity index (χ3n) is 5.96. The summed E-state index contributed by atoms with van der Waals surface area (Å²) < 4.78 is 32.0. The Bertz CT molecular complexity index is 1150. The maximum atomic E-state index is 13.4. The molecule has 1 N–H and O–H groups in total. The molecule has 2 aromatic rings. The molecule has 0 spiro atoms. The maximum Gasteiger partial charge on any atom is 0.341 e. The summed E-state index contributed by atoms with van der Waals surface area (Å²) >= 11 is 1.39. The summed E-state index contributed by atoms with van der Waals surface area (Å²) in [5.41, 5.74) is 3.78. The van der Waals surface area contributed by atoms with Gasteiger partial charge < -0.3 is 10.1 Å². The zero-order chi connectivity index (χ0) is 24.3. The first-order valence-electron chi connectivity index (χ1n) is 11.3. The van der Waals surface area contributed by atoms with Gasteiger partial charge in [-0.2, -0.15) is 0 Å². The molecule has 1 aliphatic rings. The average molecular weight is 493 g/mol. The predicted molar refractivity (Wildman–Crippen MR) is 133 cm³/mol. The fourth-order valence-electron chi connectivity index (χ4n) is 4.19. The van der Waals surface area contributed by atoms with Crippen molar-refractivity contribution in [3.63, 3.8) is 0 Å². The van der Waals surface area contributed by atoms with Crippen molar-refractivity contribution >= 4 is 43.9 Å². The first-order valence-corrected chi connectivity index (χ1v) is 13.9. The second-order valence-corrected chi connectivity index (χ2v) is 11.3. The predicted octanol–water partition coefficient (Wildman–Crippen LogP) is 4.60. The molecule has 0 saturated heterocycles. The van der Waals surface area contributed by atoms with Gasteiger partial charge in [-0.05, 0) is 81.7 Å². The number of ether oxygens (including phenoxy) is 1. The van der Waals surface area contributed by atoms with Crippen LogP contribution in [-0.2, 0) is 32.4 Å². The molecule has 33 heavy (non-hydrogen) atoms. The van der Waals surface area contributed by atoms with E-state index in [2.05, 4.69) is 5.32 Å². The van der Waals surface area contributed by atoms with Crippen LogP contribution in [0, 0.1) is 13.8 Å². The Balaban J connectivity index is 2.00. The number of carbonyl (C=O) groups excluding carboxylic acids is 2. The highest BCUT2D eigenvalue weighted by Gasteiger charge is 2.34. The Kier molecular flexibility index (Phi) is 7.84. The molecule has 180 valence electrons. The van der Waals surface area contributed by atoms with Gasteiger partial charge in [-0.3, -0.25) is 9.10 Å². The smallest absolute Gasteiger partial charge is 0.341 e. The highest BCUT2D eigenvalue weighted by atomic mass is 32.2. The van der Waals surface area contributed by atoms with E-state index in [1.165, 1.54) is 15.6 Å². The molecular formula is C24H32N2O5S2. The van der Waals surface area contributed by atoms with Crippen LogP contribution in [0.4, 0.5) is 10.7 Å². The van der Waals surface area contributed by atoms with E-state index in [-0.39, 0.29) is 13.0 Å². The van der Waals surface area contributed by atoms with Crippen LogP contribution in [0.5, 0.6) is 0 Å². The van der Waals surface area contributed by atoms with Gasteiger partial charge in [0, 0.05) is 4.88 Å². The summed E-state index contributed by atoms with van der Waals surface area (Å²) in [6, 6.07) is 4.38. The number of nitrogens with zero attached hydrogens (tertiary/aromatic N) is 1. The Morgan fingerprint density at radius 2 is 1.85 bits per heavy atom. The van der Waals surface area contributed by atoms with Crippen LogP contribution >= 0.6 is 11.3 Å². The summed E-state index contributed by atoms with van der Waals surface area (Å²) in [5, 5.41) is 3.32. The summed E-state index contributed by atoms with van der Waals surface area (Å²) in [6.45, 7) is 7.61. The molecule has 9 heteroatoms. The lowest BCUT2D eigenvalue weighted by atomic mass is 9.95. The molecule has 0 aliphatic heterocycles. The molecule has 1 aromatic heterocycles. The van der Waals surface area contributed by atoms with Crippen LogP contribution in [0.3, 0.4) is 0 Å². The van der Waals surface area contributed by atoms with Crippen LogP contribution in [0.2, 0.25) is 0 Å². The van der Waals surface area contributed by atoms with Crippen molar-refractivity contribution in [3.05, 3.63) is 45.3 Å². The minimum Gasteiger partial charge on any atom is -0.462 e. The first kappa shape index (κ1) is 25.2. The van der Waals surface area contributed by atoms with Gasteiger partial charge in [-0.15, -0.1) is 11.3 Å². The molecule has 1 aliphatic carbocycles. The number of amides is 1. The number of sulfonamides is 1. The minimum atomic E-state index is -3.75. The van der Waals surface area contributed by atoms with E-state index in [0.29, 0.717) is 16.3 Å². The normalized spacial score (nSPS) is 14.3. The topological polar surface area (TPSA) is 92.8 Å². The fraction of sp³-hybridized carbons (Fsp3) is 0.500. The highest BCUT2D eigenvalue weighted by Crippen LogP contribution is 2.39. The largest absolute Gasteiger partial charge is 0.462 e. The number of hydrogen-bond acceptors (Lipinski definition) is 6. The molecule has 1 aromatic carbocycles. The number of esters is 1. The molecule has 1 heterocycles. The van der Waals surface area contributed by atoms with E-state index in [4.69, 9.17) is 4.74 Å². The second kappa shape index (κ2) is 10.3. The van der Waals surface area contributed by atoms with E-state index in [1.54, 1.807) is 26.0 Å². The number of fused-ring (bicyclic) bond motifs is 1. The Labute approximate surface area is 200 Å². The first-order chi connectivity index (χ1) is 15.6. The van der Waals surface area contributed by atoms with Gasteiger partial charge in [-0.1, -0.05) is 13.0 Å². The number of nitrogens with one attached hydrogen (secondary N) is 1. The van der Waals surface area contributed by atoms with Crippen molar-refractivity contribution < 1.29 is 22.7 Å². The Morgan fingerprint density at radius 1 is 1.15 bits per heavy atom. The van der Waals surface area contributed by atoms with E-state index in [0.717, 1.165) is 53.5 Å². The number of carbonyl (C=O) groups is 2. The van der Waals surface area contributed by atoms with Crippen LogP contribution in [0.15, 0.2) is 18.2 Å². The lowest BCUT2D eigenvalue weighted by molar-refractivity contribution is -0.117. The number of hydrogen-bond donors (Lipinski definition) is 1. The van der Waals surface area contributed by atoms with Crippen molar-refractivity contribution in [3.8, 4) is 0 Å². The SMILES string of the molecule is CCOC(=O)c1c(NC(=O)[C@@H](CC)N(c2ccc(C)c(C)c2)S(C)(=O)=O)sc2c1CCCC2. The molecule has 0 fully saturated rings. The summed E-state index contributed by atoms with van der Waals surface area (Å²) in [7, 11) is -3.75. The lowest BCUT2D eigenvalue weighted by Gasteiger charge is -2.30. The number of thiophene rings is 1. The zero-order valence-corrected chi connectivity index (χ0v) is 21.5. The minimum absolute atomic E-state index is 0.239. The van der Waals surface area contributed by atoms with Gasteiger partial charge >= 0.3 is 5.97 Å². The molecule has 7 nitrogen and oxygen atoms in total. The summed E-state index contributed by atoms with van der Waals surface area (Å²) in [5.74, 6) is -0.917. The van der Waals surface area contributed by atoms with Crippen LogP contribution in [0.1, 0.15) is 65.0 Å². The maximum absolute atomic E-state index is 13.4. The van der Waals surface area contributed by atoms with Crippen molar-refractivity contribution in [1.82, 2.24) is 0 Å². The van der Waals surface area contributed by atoms with E-state index < -0.39 is 27.9 Å². The molecular weight excluding hydrogens is 460 g/mol. The van der Waals surface area contributed by atoms with Gasteiger partial charge in [0.05, 0.1) is 24.1 Å². The van der Waals surface area contributed by atoms with E-state index >= 15 is 0 Å². The van der Waals surface area contributed by atoms with Gasteiger partial charge in [0.15, 0.2) is 0 Å². The number of rotatable bonds is 8. The van der Waals surface area contributed by atoms with Gasteiger partial charge in [0.25, 0.3) is 0 Å². The standard InChI is InChI=1S/C24H32N2O5S2/c1-6-19(26(33(5,29)30)17-13-12-15(3)16(4)14-17)22(27)25-23-21(24(28)31-7-2)18-10-8-9-11-20(18)32-23/h12-14,19H,6-11H2,1-5H3,(H,25,27)/t19-/m1/s1. The second-order valence-electron chi connectivity index (χ2n) is 8.38. The van der Waals surface area contributed by atoms with Crippen molar-refractivity contribution in [2.75, 3.05) is 22.5 Å². The number of anilines is 2. The van der Waals surface area contributed by atoms with Crippen LogP contribution in [-0.4, -0.2) is 39.2 Å². The molecule has 0 saturated carbocycles. The highest BCUT2D eigenvalue weighted by molar-refractivity contribution is 7.92. The molecule has 0 unspecified atom stereocenters. The lowest BCUT2D eigenvalue weighted by Crippen LogP contribution is -2.47.